The molecular weight excluding hydrogens is 354 g/mol. The Morgan fingerprint density at radius 2 is 2.14 bits per heavy atom. The smallest absolute Gasteiger partial charge is 0.207 e. The van der Waals surface area contributed by atoms with Gasteiger partial charge in [-0.3, -0.25) is 19.5 Å². The van der Waals surface area contributed by atoms with Gasteiger partial charge in [-0.05, 0) is 23.8 Å². The average molecular weight is 375 g/mol. The zero-order valence-electron chi connectivity index (χ0n) is 15.7. The fourth-order valence-electron chi connectivity index (χ4n) is 3.22. The van der Waals surface area contributed by atoms with Crippen molar-refractivity contribution in [3.8, 4) is 11.3 Å². The van der Waals surface area contributed by atoms with E-state index in [1.165, 1.54) is 5.01 Å². The number of hydrogen-bond acceptors (Lipinski definition) is 6. The van der Waals surface area contributed by atoms with Crippen molar-refractivity contribution in [2.45, 2.75) is 6.54 Å². The van der Waals surface area contributed by atoms with E-state index < -0.39 is 0 Å². The van der Waals surface area contributed by atoms with Crippen LogP contribution in [0.1, 0.15) is 5.56 Å². The lowest BCUT2D eigenvalue weighted by molar-refractivity contribution is 0.768. The number of pyridine rings is 2. The van der Waals surface area contributed by atoms with Crippen molar-refractivity contribution >= 4 is 22.4 Å². The lowest BCUT2D eigenvalue weighted by Gasteiger charge is -2.22. The van der Waals surface area contributed by atoms with Gasteiger partial charge < -0.3 is 10.3 Å². The number of fused-ring (bicyclic) bond motifs is 1. The van der Waals surface area contributed by atoms with Crippen LogP contribution in [0.5, 0.6) is 0 Å². The first-order valence-corrected chi connectivity index (χ1v) is 8.85. The number of aromatic amines is 1. The highest BCUT2D eigenvalue weighted by molar-refractivity contribution is 5.79. The molecule has 4 aromatic rings. The molecule has 0 atom stereocenters. The number of anilines is 2. The fraction of sp³-hybridized carbons (Fsp3) is 0.150. The first-order chi connectivity index (χ1) is 13.5. The van der Waals surface area contributed by atoms with Crippen LogP contribution in [0, 0.1) is 0 Å². The molecule has 0 unspecified atom stereocenters. The van der Waals surface area contributed by atoms with Gasteiger partial charge in [-0.1, -0.05) is 12.1 Å². The molecule has 1 aromatic carbocycles. The van der Waals surface area contributed by atoms with E-state index in [0.29, 0.717) is 23.7 Å². The maximum absolute atomic E-state index is 12.6. The van der Waals surface area contributed by atoms with E-state index >= 15 is 0 Å². The number of H-pyrrole nitrogens is 1. The second-order valence-corrected chi connectivity index (χ2v) is 6.58. The summed E-state index contributed by atoms with van der Waals surface area (Å²) in [5.74, 6) is 6.87. The number of nitrogens with two attached hydrogens (primary N) is 1. The summed E-state index contributed by atoms with van der Waals surface area (Å²) >= 11 is 0. The van der Waals surface area contributed by atoms with Crippen LogP contribution < -0.4 is 21.6 Å². The minimum atomic E-state index is -0.145. The lowest BCUT2D eigenvalue weighted by atomic mass is 10.1. The summed E-state index contributed by atoms with van der Waals surface area (Å²) in [5, 5.41) is 9.69. The van der Waals surface area contributed by atoms with Crippen molar-refractivity contribution in [3.63, 3.8) is 0 Å². The number of nitrogens with one attached hydrogen (secondary N) is 2. The average Bonchev–Trinajstić information content (AvgIpc) is 3.13. The predicted octanol–water partition coefficient (Wildman–Crippen LogP) is 2.25. The Morgan fingerprint density at radius 1 is 1.29 bits per heavy atom. The molecule has 8 nitrogen and oxygen atoms in total. The first kappa shape index (κ1) is 17.7. The van der Waals surface area contributed by atoms with Crippen molar-refractivity contribution in [2.24, 2.45) is 12.9 Å². The van der Waals surface area contributed by atoms with Crippen LogP contribution in [0.3, 0.4) is 0 Å². The summed E-state index contributed by atoms with van der Waals surface area (Å²) in [5.41, 5.74) is 3.68. The first-order valence-electron chi connectivity index (χ1n) is 8.85. The van der Waals surface area contributed by atoms with Gasteiger partial charge in [0.1, 0.15) is 11.5 Å². The Hall–Kier alpha value is -3.65. The summed E-state index contributed by atoms with van der Waals surface area (Å²) in [6.45, 7) is 0.423. The van der Waals surface area contributed by atoms with Crippen LogP contribution in [0.4, 0.5) is 11.5 Å². The molecule has 8 heteroatoms. The standard InChI is InChI=1S/C20H21N7O/c1-22-19-18(28)9-17(15-10-24-26(2)12-15)25-20(19)27(21)11-13-5-6-16-14(8-13)4-3-7-23-16/h3-10,12,22H,11,21H2,1-2H3,(H,25,28). The van der Waals surface area contributed by atoms with Gasteiger partial charge in [0.15, 0.2) is 0 Å². The molecule has 0 saturated carbocycles. The summed E-state index contributed by atoms with van der Waals surface area (Å²) in [6, 6.07) is 11.5. The number of benzene rings is 1. The summed E-state index contributed by atoms with van der Waals surface area (Å²) in [6.07, 6.45) is 5.31. The molecule has 3 heterocycles. The van der Waals surface area contributed by atoms with Crippen molar-refractivity contribution in [2.75, 3.05) is 17.4 Å². The van der Waals surface area contributed by atoms with E-state index in [4.69, 9.17) is 5.84 Å². The van der Waals surface area contributed by atoms with Gasteiger partial charge in [-0.15, -0.1) is 0 Å². The predicted molar refractivity (Wildman–Crippen MR) is 111 cm³/mol. The van der Waals surface area contributed by atoms with E-state index in [1.807, 2.05) is 43.6 Å². The van der Waals surface area contributed by atoms with Gasteiger partial charge in [0.25, 0.3) is 0 Å². The fourth-order valence-corrected chi connectivity index (χ4v) is 3.22. The molecule has 4 N–H and O–H groups in total. The van der Waals surface area contributed by atoms with Gasteiger partial charge in [0.2, 0.25) is 5.43 Å². The second kappa shape index (κ2) is 7.16. The molecule has 0 amide bonds. The third-order valence-electron chi connectivity index (χ3n) is 4.59. The summed E-state index contributed by atoms with van der Waals surface area (Å²) in [7, 11) is 3.53. The van der Waals surface area contributed by atoms with Crippen LogP contribution >= 0.6 is 0 Å². The van der Waals surface area contributed by atoms with Crippen molar-refractivity contribution in [1.82, 2.24) is 19.7 Å². The molecule has 3 aromatic heterocycles. The molecule has 0 aliphatic heterocycles. The zero-order chi connectivity index (χ0) is 19.7. The Balaban J connectivity index is 1.71. The molecular formula is C20H21N7O. The molecule has 0 aliphatic carbocycles. The van der Waals surface area contributed by atoms with E-state index in [-0.39, 0.29) is 5.43 Å². The van der Waals surface area contributed by atoms with E-state index in [2.05, 4.69) is 20.4 Å². The van der Waals surface area contributed by atoms with Gasteiger partial charge >= 0.3 is 0 Å². The van der Waals surface area contributed by atoms with Crippen molar-refractivity contribution < 1.29 is 0 Å². The monoisotopic (exact) mass is 375 g/mol. The highest BCUT2D eigenvalue weighted by atomic mass is 16.1. The van der Waals surface area contributed by atoms with Crippen LogP contribution in [-0.2, 0) is 13.6 Å². The summed E-state index contributed by atoms with van der Waals surface area (Å²) in [4.78, 5) is 20.2. The number of rotatable bonds is 5. The van der Waals surface area contributed by atoms with E-state index in [1.54, 1.807) is 30.2 Å². The number of hydrogen-bond donors (Lipinski definition) is 3. The van der Waals surface area contributed by atoms with Crippen molar-refractivity contribution in [3.05, 3.63) is 70.8 Å². The Bertz CT molecular complexity index is 1190. The third-order valence-corrected chi connectivity index (χ3v) is 4.59. The van der Waals surface area contributed by atoms with Crippen molar-refractivity contribution in [1.29, 1.82) is 0 Å². The maximum atomic E-state index is 12.6. The molecule has 28 heavy (non-hydrogen) atoms. The molecule has 0 bridgehead atoms. The quantitative estimate of drug-likeness (QED) is 0.365. The molecule has 142 valence electrons. The van der Waals surface area contributed by atoms with Crippen LogP contribution in [-0.4, -0.2) is 26.8 Å². The minimum Gasteiger partial charge on any atom is -0.382 e. The minimum absolute atomic E-state index is 0.145. The van der Waals surface area contributed by atoms with Gasteiger partial charge in [-0.25, -0.2) is 5.84 Å². The van der Waals surface area contributed by atoms with E-state index in [0.717, 1.165) is 22.0 Å². The second-order valence-electron chi connectivity index (χ2n) is 6.58. The van der Waals surface area contributed by atoms with Gasteiger partial charge in [-0.2, -0.15) is 5.10 Å². The topological polar surface area (TPSA) is 105 Å². The molecule has 0 radical (unpaired) electrons. The largest absolute Gasteiger partial charge is 0.382 e. The Morgan fingerprint density at radius 3 is 2.89 bits per heavy atom. The highest BCUT2D eigenvalue weighted by Crippen LogP contribution is 2.24. The zero-order valence-corrected chi connectivity index (χ0v) is 15.7. The lowest BCUT2D eigenvalue weighted by Crippen LogP contribution is -2.33. The molecule has 0 fully saturated rings. The van der Waals surface area contributed by atoms with Gasteiger partial charge in [0, 0.05) is 43.5 Å². The van der Waals surface area contributed by atoms with Crippen LogP contribution in [0.15, 0.2) is 59.8 Å². The maximum Gasteiger partial charge on any atom is 0.207 e. The number of aromatic nitrogens is 4. The molecule has 4 rings (SSSR count). The Labute approximate surface area is 161 Å². The molecule has 0 saturated heterocycles. The van der Waals surface area contributed by atoms with Gasteiger partial charge in [0.05, 0.1) is 24.0 Å². The SMILES string of the molecule is CNc1c(N(N)Cc2ccc3ncccc3c2)[nH]c(-c2cnn(C)c2)cc1=O. The number of aryl methyl sites for hydroxylation is 1. The number of hydrazine groups is 1. The summed E-state index contributed by atoms with van der Waals surface area (Å²) < 4.78 is 1.68. The van der Waals surface area contributed by atoms with E-state index in [9.17, 15) is 4.79 Å². The normalized spacial score (nSPS) is 11.0. The third kappa shape index (κ3) is 3.33. The Kier molecular flexibility index (Phi) is 4.54. The molecule has 0 aliphatic rings. The highest BCUT2D eigenvalue weighted by Gasteiger charge is 2.15. The van der Waals surface area contributed by atoms with Crippen LogP contribution in [0.2, 0.25) is 0 Å². The number of nitrogens with zero attached hydrogens (tertiary/aromatic N) is 4. The molecule has 0 spiro atoms. The van der Waals surface area contributed by atoms with Crippen LogP contribution in [0.25, 0.3) is 22.2 Å².